The maximum absolute atomic E-state index is 13.3. The van der Waals surface area contributed by atoms with Gasteiger partial charge in [-0.3, -0.25) is 9.59 Å². The predicted octanol–water partition coefficient (Wildman–Crippen LogP) is 3.12. The highest BCUT2D eigenvalue weighted by Crippen LogP contribution is 2.24. The number of carboxylic acid groups (broad SMARTS) is 1. The van der Waals surface area contributed by atoms with Crippen molar-refractivity contribution in [2.45, 2.75) is 45.8 Å². The number of nitrogens with one attached hydrogen (secondary N) is 2. The van der Waals surface area contributed by atoms with Crippen LogP contribution in [0.1, 0.15) is 47.6 Å². The van der Waals surface area contributed by atoms with Crippen LogP contribution in [0.4, 0.5) is 13.9 Å². The lowest BCUT2D eigenvalue weighted by atomic mass is 10.1. The molecule has 0 radical (unpaired) electrons. The first-order valence-electron chi connectivity index (χ1n) is 9.59. The van der Waals surface area contributed by atoms with Crippen LogP contribution in [0.5, 0.6) is 0 Å². The summed E-state index contributed by atoms with van der Waals surface area (Å²) in [5.74, 6) is -3.94. The van der Waals surface area contributed by atoms with Gasteiger partial charge in [0.15, 0.2) is 5.13 Å². The molecular weight excluding hydrogens is 432 g/mol. The van der Waals surface area contributed by atoms with Gasteiger partial charge in [0.25, 0.3) is 0 Å². The number of rotatable bonds is 11. The highest BCUT2D eigenvalue weighted by molar-refractivity contribution is 7.17. The number of ether oxygens (including phenoxy) is 1. The third kappa shape index (κ3) is 7.37. The molecule has 31 heavy (non-hydrogen) atoms. The van der Waals surface area contributed by atoms with E-state index in [4.69, 9.17) is 4.74 Å². The molecule has 1 unspecified atom stereocenters. The lowest BCUT2D eigenvalue weighted by Crippen LogP contribution is -2.44. The zero-order chi connectivity index (χ0) is 23.0. The Kier molecular flexibility index (Phi) is 9.01. The fraction of sp³-hybridized carbons (Fsp3) is 0.400. The number of amides is 2. The molecule has 0 aliphatic rings. The van der Waals surface area contributed by atoms with E-state index in [-0.39, 0.29) is 34.3 Å². The quantitative estimate of drug-likeness (QED) is 0.479. The number of thiazole rings is 1. The van der Waals surface area contributed by atoms with Crippen LogP contribution in [-0.4, -0.2) is 40.5 Å². The Hall–Kier alpha value is -2.92. The summed E-state index contributed by atoms with van der Waals surface area (Å²) in [4.78, 5) is 40.4. The molecule has 8 nitrogen and oxygen atoms in total. The van der Waals surface area contributed by atoms with Crippen molar-refractivity contribution in [2.24, 2.45) is 0 Å². The van der Waals surface area contributed by atoms with Gasteiger partial charge in [-0.25, -0.2) is 18.6 Å². The minimum absolute atomic E-state index is 0.0101. The fourth-order valence-corrected chi connectivity index (χ4v) is 3.57. The molecule has 1 aromatic heterocycles. The molecule has 1 heterocycles. The van der Waals surface area contributed by atoms with Gasteiger partial charge in [0.1, 0.15) is 22.6 Å². The van der Waals surface area contributed by atoms with Gasteiger partial charge in [-0.1, -0.05) is 24.7 Å². The smallest absolute Gasteiger partial charge is 0.347 e. The largest absolute Gasteiger partial charge is 0.477 e. The van der Waals surface area contributed by atoms with E-state index in [9.17, 15) is 28.3 Å². The normalized spacial score (nSPS) is 11.7. The summed E-state index contributed by atoms with van der Waals surface area (Å²) in [6, 6.07) is 1.86. The van der Waals surface area contributed by atoms with Crippen molar-refractivity contribution < 1.29 is 33.0 Å². The van der Waals surface area contributed by atoms with Crippen molar-refractivity contribution in [3.05, 3.63) is 46.0 Å². The molecule has 0 fully saturated rings. The molecule has 2 rings (SSSR count). The zero-order valence-electron chi connectivity index (χ0n) is 17.0. The SMILES string of the molecule is CCCC(NC(=O)Cc1cc(F)cc(F)c1)C(=O)Nc1nc(COCC)c(C(=O)O)s1. The molecule has 0 spiro atoms. The topological polar surface area (TPSA) is 118 Å². The number of anilines is 1. The van der Waals surface area contributed by atoms with Gasteiger partial charge in [-0.15, -0.1) is 0 Å². The Morgan fingerprint density at radius 1 is 1.19 bits per heavy atom. The van der Waals surface area contributed by atoms with E-state index in [1.807, 2.05) is 6.92 Å². The van der Waals surface area contributed by atoms with Gasteiger partial charge in [0.2, 0.25) is 11.8 Å². The molecule has 11 heteroatoms. The van der Waals surface area contributed by atoms with E-state index in [1.165, 1.54) is 0 Å². The number of carbonyl (C=O) groups is 3. The average Bonchev–Trinajstić information content (AvgIpc) is 3.08. The summed E-state index contributed by atoms with van der Waals surface area (Å²) in [5, 5.41) is 14.4. The summed E-state index contributed by atoms with van der Waals surface area (Å²) in [5.41, 5.74) is 0.330. The molecule has 0 bridgehead atoms. The number of aromatic nitrogens is 1. The van der Waals surface area contributed by atoms with Crippen LogP contribution in [-0.2, 0) is 27.4 Å². The first kappa shape index (κ1) is 24.4. The van der Waals surface area contributed by atoms with Gasteiger partial charge in [0, 0.05) is 12.7 Å². The molecule has 0 saturated heterocycles. The van der Waals surface area contributed by atoms with Crippen molar-refractivity contribution in [1.29, 1.82) is 0 Å². The number of aromatic carboxylic acids is 1. The third-order valence-corrected chi connectivity index (χ3v) is 5.08. The van der Waals surface area contributed by atoms with E-state index in [1.54, 1.807) is 6.92 Å². The van der Waals surface area contributed by atoms with Crippen molar-refractivity contribution in [1.82, 2.24) is 10.3 Å². The maximum Gasteiger partial charge on any atom is 0.347 e. The number of hydrogen-bond donors (Lipinski definition) is 3. The number of hydrogen-bond acceptors (Lipinski definition) is 6. The molecule has 1 atom stereocenters. The molecule has 0 aliphatic carbocycles. The molecule has 1 aromatic carbocycles. The molecular formula is C20H23F2N3O5S. The summed E-state index contributed by atoms with van der Waals surface area (Å²) < 4.78 is 31.8. The highest BCUT2D eigenvalue weighted by Gasteiger charge is 2.24. The van der Waals surface area contributed by atoms with Crippen LogP contribution in [0.25, 0.3) is 0 Å². The van der Waals surface area contributed by atoms with E-state index < -0.39 is 35.5 Å². The van der Waals surface area contributed by atoms with E-state index in [0.29, 0.717) is 25.5 Å². The third-order valence-electron chi connectivity index (χ3n) is 4.08. The monoisotopic (exact) mass is 455 g/mol. The second-order valence-corrected chi connectivity index (χ2v) is 7.59. The van der Waals surface area contributed by atoms with Gasteiger partial charge < -0.3 is 20.5 Å². The number of nitrogens with zero attached hydrogens (tertiary/aromatic N) is 1. The highest BCUT2D eigenvalue weighted by atomic mass is 32.1. The summed E-state index contributed by atoms with van der Waals surface area (Å²) >= 11 is 0.788. The Bertz CT molecular complexity index is 931. The van der Waals surface area contributed by atoms with Crippen LogP contribution in [0.2, 0.25) is 0 Å². The van der Waals surface area contributed by atoms with E-state index >= 15 is 0 Å². The van der Waals surface area contributed by atoms with Crippen molar-refractivity contribution >= 4 is 34.3 Å². The van der Waals surface area contributed by atoms with E-state index in [0.717, 1.165) is 23.5 Å². The van der Waals surface area contributed by atoms with Gasteiger partial charge in [-0.2, -0.15) is 0 Å². The van der Waals surface area contributed by atoms with Crippen molar-refractivity contribution in [3.63, 3.8) is 0 Å². The first-order chi connectivity index (χ1) is 14.7. The van der Waals surface area contributed by atoms with Crippen LogP contribution in [0.3, 0.4) is 0 Å². The van der Waals surface area contributed by atoms with E-state index in [2.05, 4.69) is 15.6 Å². The first-order valence-corrected chi connectivity index (χ1v) is 10.4. The summed E-state index contributed by atoms with van der Waals surface area (Å²) in [6.07, 6.45) is 0.569. The molecule has 3 N–H and O–H groups in total. The Labute approximate surface area is 181 Å². The predicted molar refractivity (Wildman–Crippen MR) is 110 cm³/mol. The van der Waals surface area contributed by atoms with Gasteiger partial charge in [0.05, 0.1) is 18.7 Å². The lowest BCUT2D eigenvalue weighted by Gasteiger charge is -2.17. The van der Waals surface area contributed by atoms with Gasteiger partial charge >= 0.3 is 5.97 Å². The Morgan fingerprint density at radius 3 is 2.45 bits per heavy atom. The summed E-state index contributed by atoms with van der Waals surface area (Å²) in [7, 11) is 0. The van der Waals surface area contributed by atoms with Crippen LogP contribution in [0.15, 0.2) is 18.2 Å². The number of benzene rings is 1. The fourth-order valence-electron chi connectivity index (χ4n) is 2.76. The second-order valence-electron chi connectivity index (χ2n) is 6.59. The summed E-state index contributed by atoms with van der Waals surface area (Å²) in [6.45, 7) is 3.94. The number of halogens is 2. The van der Waals surface area contributed by atoms with Crippen molar-refractivity contribution in [2.75, 3.05) is 11.9 Å². The zero-order valence-corrected chi connectivity index (χ0v) is 17.9. The van der Waals surface area contributed by atoms with Crippen LogP contribution < -0.4 is 10.6 Å². The number of carbonyl (C=O) groups excluding carboxylic acids is 2. The molecule has 2 amide bonds. The van der Waals surface area contributed by atoms with Crippen molar-refractivity contribution in [3.8, 4) is 0 Å². The van der Waals surface area contributed by atoms with Gasteiger partial charge in [-0.05, 0) is 31.0 Å². The minimum Gasteiger partial charge on any atom is -0.477 e. The Morgan fingerprint density at radius 2 is 1.87 bits per heavy atom. The molecule has 0 aliphatic heterocycles. The molecule has 2 aromatic rings. The maximum atomic E-state index is 13.3. The van der Waals surface area contributed by atoms with Crippen LogP contribution in [0, 0.1) is 11.6 Å². The molecule has 0 saturated carbocycles. The van der Waals surface area contributed by atoms with Crippen LogP contribution >= 0.6 is 11.3 Å². The minimum atomic E-state index is -1.19. The number of carboxylic acids is 1. The standard InChI is InChI=1S/C20H23F2N3O5S/c1-3-5-14(23-16(26)8-11-6-12(21)9-13(22)7-11)18(27)25-20-24-15(10-30-4-2)17(31-20)19(28)29/h6-7,9,14H,3-5,8,10H2,1-2H3,(H,23,26)(H,28,29)(H,24,25,27). The lowest BCUT2D eigenvalue weighted by molar-refractivity contribution is -0.126. The second kappa shape index (κ2) is 11.5. The molecule has 168 valence electrons. The Balaban J connectivity index is 2.07. The average molecular weight is 455 g/mol.